The number of carboxylic acids is 1. The van der Waals surface area contributed by atoms with Crippen molar-refractivity contribution in [2.24, 2.45) is 5.41 Å². The van der Waals surface area contributed by atoms with Crippen molar-refractivity contribution in [2.75, 3.05) is 6.54 Å². The lowest BCUT2D eigenvalue weighted by Gasteiger charge is -2.17. The molecule has 3 N–H and O–H groups in total. The summed E-state index contributed by atoms with van der Waals surface area (Å²) in [6, 6.07) is -0.450. The van der Waals surface area contributed by atoms with Gasteiger partial charge in [-0.15, -0.1) is 0 Å². The Hall–Kier alpha value is -1.59. The van der Waals surface area contributed by atoms with E-state index in [9.17, 15) is 14.4 Å². The molecule has 0 saturated heterocycles. The summed E-state index contributed by atoms with van der Waals surface area (Å²) in [5, 5.41) is 13.5. The summed E-state index contributed by atoms with van der Waals surface area (Å²) in [6.45, 7) is 7.27. The average Bonchev–Trinajstić information content (AvgIpc) is 2.10. The number of carbonyl (C=O) groups is 3. The number of carboxylic acid groups (broad SMARTS) is 1. The number of carbonyl (C=O) groups excluding carboxylic acids is 2. The molecule has 6 heteroatoms. The van der Waals surface area contributed by atoms with Crippen molar-refractivity contribution in [1.29, 1.82) is 0 Å². The summed E-state index contributed by atoms with van der Waals surface area (Å²) in [6.07, 6.45) is 0.201. The fraction of sp³-hybridized carbons (Fsp3) is 0.750. The zero-order valence-electron chi connectivity index (χ0n) is 11.4. The number of amides is 2. The Morgan fingerprint density at radius 1 is 1.17 bits per heavy atom. The van der Waals surface area contributed by atoms with Gasteiger partial charge < -0.3 is 15.7 Å². The SMILES string of the molecule is CC(CC(=O)O)NC(=O)CNC(=O)CC(C)(C)C. The van der Waals surface area contributed by atoms with E-state index in [4.69, 9.17) is 5.11 Å². The van der Waals surface area contributed by atoms with Gasteiger partial charge in [0.15, 0.2) is 0 Å². The van der Waals surface area contributed by atoms with Gasteiger partial charge in [-0.1, -0.05) is 20.8 Å². The van der Waals surface area contributed by atoms with E-state index in [2.05, 4.69) is 10.6 Å². The Morgan fingerprint density at radius 2 is 1.72 bits per heavy atom. The molecule has 104 valence electrons. The van der Waals surface area contributed by atoms with Crippen molar-refractivity contribution < 1.29 is 19.5 Å². The van der Waals surface area contributed by atoms with Crippen LogP contribution in [0.4, 0.5) is 0 Å². The van der Waals surface area contributed by atoms with Crippen LogP contribution in [0.5, 0.6) is 0 Å². The van der Waals surface area contributed by atoms with Crippen molar-refractivity contribution >= 4 is 17.8 Å². The quantitative estimate of drug-likeness (QED) is 0.647. The smallest absolute Gasteiger partial charge is 0.305 e. The molecular formula is C12H22N2O4. The second-order valence-corrected chi connectivity index (χ2v) is 5.58. The number of rotatable bonds is 6. The molecule has 0 aliphatic rings. The Morgan fingerprint density at radius 3 is 2.17 bits per heavy atom. The minimum atomic E-state index is -0.973. The molecule has 0 aromatic carbocycles. The molecule has 0 saturated carbocycles. The first-order valence-corrected chi connectivity index (χ1v) is 5.88. The highest BCUT2D eigenvalue weighted by molar-refractivity contribution is 5.85. The maximum Gasteiger partial charge on any atom is 0.305 e. The summed E-state index contributed by atoms with van der Waals surface area (Å²) in [7, 11) is 0. The van der Waals surface area contributed by atoms with Crippen LogP contribution in [-0.4, -0.2) is 35.5 Å². The van der Waals surface area contributed by atoms with E-state index in [1.807, 2.05) is 20.8 Å². The van der Waals surface area contributed by atoms with E-state index in [0.29, 0.717) is 6.42 Å². The van der Waals surface area contributed by atoms with E-state index >= 15 is 0 Å². The summed E-state index contributed by atoms with van der Waals surface area (Å²) >= 11 is 0. The second kappa shape index (κ2) is 6.98. The lowest BCUT2D eigenvalue weighted by Crippen LogP contribution is -2.42. The minimum absolute atomic E-state index is 0.126. The Kier molecular flexibility index (Phi) is 6.36. The van der Waals surface area contributed by atoms with E-state index in [1.165, 1.54) is 0 Å². The maximum absolute atomic E-state index is 11.4. The van der Waals surface area contributed by atoms with E-state index in [0.717, 1.165) is 0 Å². The van der Waals surface area contributed by atoms with Crippen LogP contribution in [0.25, 0.3) is 0 Å². The van der Waals surface area contributed by atoms with Crippen LogP contribution >= 0.6 is 0 Å². The van der Waals surface area contributed by atoms with Crippen LogP contribution in [0, 0.1) is 5.41 Å². The molecule has 0 aromatic heterocycles. The first kappa shape index (κ1) is 16.4. The van der Waals surface area contributed by atoms with Crippen LogP contribution in [0.1, 0.15) is 40.5 Å². The highest BCUT2D eigenvalue weighted by Gasteiger charge is 2.17. The van der Waals surface area contributed by atoms with Gasteiger partial charge >= 0.3 is 5.97 Å². The zero-order chi connectivity index (χ0) is 14.3. The molecule has 0 fully saturated rings. The molecule has 6 nitrogen and oxygen atoms in total. The largest absolute Gasteiger partial charge is 0.481 e. The molecule has 0 radical (unpaired) electrons. The summed E-state index contributed by atoms with van der Waals surface area (Å²) in [5.41, 5.74) is -0.128. The molecule has 1 unspecified atom stereocenters. The number of hydrogen-bond acceptors (Lipinski definition) is 3. The van der Waals surface area contributed by atoms with Crippen molar-refractivity contribution in [2.45, 2.75) is 46.6 Å². The van der Waals surface area contributed by atoms with Gasteiger partial charge in [0.2, 0.25) is 11.8 Å². The Balaban J connectivity index is 3.90. The van der Waals surface area contributed by atoms with Gasteiger partial charge in [0, 0.05) is 12.5 Å². The van der Waals surface area contributed by atoms with Gasteiger partial charge in [0.25, 0.3) is 0 Å². The highest BCUT2D eigenvalue weighted by Crippen LogP contribution is 2.17. The Bertz CT molecular complexity index is 321. The number of hydrogen-bond donors (Lipinski definition) is 3. The maximum atomic E-state index is 11.4. The van der Waals surface area contributed by atoms with E-state index in [1.54, 1.807) is 6.92 Å². The molecule has 0 bridgehead atoms. The molecule has 0 heterocycles. The van der Waals surface area contributed by atoms with Gasteiger partial charge in [0.05, 0.1) is 13.0 Å². The van der Waals surface area contributed by atoms with Crippen LogP contribution in [-0.2, 0) is 14.4 Å². The van der Waals surface area contributed by atoms with Crippen molar-refractivity contribution in [3.8, 4) is 0 Å². The predicted octanol–water partition coefficient (Wildman–Crippen LogP) is 0.518. The molecule has 0 aliphatic carbocycles. The average molecular weight is 258 g/mol. The normalized spacial score (nSPS) is 12.7. The lowest BCUT2D eigenvalue weighted by molar-refractivity contribution is -0.137. The monoisotopic (exact) mass is 258 g/mol. The second-order valence-electron chi connectivity index (χ2n) is 5.58. The molecule has 18 heavy (non-hydrogen) atoms. The third-order valence-corrected chi connectivity index (χ3v) is 2.03. The number of aliphatic carboxylic acids is 1. The van der Waals surface area contributed by atoms with Crippen LogP contribution < -0.4 is 10.6 Å². The van der Waals surface area contributed by atoms with E-state index in [-0.39, 0.29) is 30.2 Å². The highest BCUT2D eigenvalue weighted by atomic mass is 16.4. The van der Waals surface area contributed by atoms with Gasteiger partial charge in [-0.3, -0.25) is 14.4 Å². The van der Waals surface area contributed by atoms with Crippen LogP contribution in [0.2, 0.25) is 0 Å². The van der Waals surface area contributed by atoms with Crippen molar-refractivity contribution in [3.05, 3.63) is 0 Å². The molecular weight excluding hydrogens is 236 g/mol. The van der Waals surface area contributed by atoms with Crippen molar-refractivity contribution in [3.63, 3.8) is 0 Å². The van der Waals surface area contributed by atoms with Gasteiger partial charge in [-0.25, -0.2) is 0 Å². The first-order valence-electron chi connectivity index (χ1n) is 5.88. The fourth-order valence-corrected chi connectivity index (χ4v) is 1.36. The van der Waals surface area contributed by atoms with Crippen LogP contribution in [0.15, 0.2) is 0 Å². The lowest BCUT2D eigenvalue weighted by atomic mass is 9.92. The van der Waals surface area contributed by atoms with Crippen LogP contribution in [0.3, 0.4) is 0 Å². The molecule has 0 spiro atoms. The third-order valence-electron chi connectivity index (χ3n) is 2.03. The molecule has 0 aliphatic heterocycles. The third kappa shape index (κ3) is 9.62. The molecule has 0 aromatic rings. The summed E-state index contributed by atoms with van der Waals surface area (Å²) in [5.74, 6) is -1.55. The zero-order valence-corrected chi connectivity index (χ0v) is 11.4. The summed E-state index contributed by atoms with van der Waals surface area (Å²) < 4.78 is 0. The summed E-state index contributed by atoms with van der Waals surface area (Å²) in [4.78, 5) is 33.2. The Labute approximate surface area is 107 Å². The molecule has 0 rings (SSSR count). The molecule has 1 atom stereocenters. The topological polar surface area (TPSA) is 95.5 Å². The predicted molar refractivity (Wildman–Crippen MR) is 66.9 cm³/mol. The minimum Gasteiger partial charge on any atom is -0.481 e. The van der Waals surface area contributed by atoms with Gasteiger partial charge in [0.1, 0.15) is 0 Å². The van der Waals surface area contributed by atoms with E-state index < -0.39 is 12.0 Å². The fourth-order valence-electron chi connectivity index (χ4n) is 1.36. The van der Waals surface area contributed by atoms with Gasteiger partial charge in [-0.2, -0.15) is 0 Å². The standard InChI is InChI=1S/C12H22N2O4/c1-8(5-11(17)18)14-10(16)7-13-9(15)6-12(2,3)4/h8H,5-7H2,1-4H3,(H,13,15)(H,14,16)(H,17,18). The van der Waals surface area contributed by atoms with Crippen molar-refractivity contribution in [1.82, 2.24) is 10.6 Å². The number of nitrogens with one attached hydrogen (secondary N) is 2. The first-order chi connectivity index (χ1) is 8.10. The van der Waals surface area contributed by atoms with Gasteiger partial charge in [-0.05, 0) is 12.3 Å². The molecule has 2 amide bonds.